The second-order valence-corrected chi connectivity index (χ2v) is 10.4. The van der Waals surface area contributed by atoms with Crippen LogP contribution in [0.2, 0.25) is 0 Å². The number of thiazole rings is 1. The Morgan fingerprint density at radius 3 is 2.64 bits per heavy atom. The number of aliphatic imine (C=N–C) groups is 1. The lowest BCUT2D eigenvalue weighted by Crippen LogP contribution is -2.58. The summed E-state index contributed by atoms with van der Waals surface area (Å²) in [4.78, 5) is 27.2. The Balaban J connectivity index is 1.88. The lowest BCUT2D eigenvalue weighted by atomic mass is 9.88. The van der Waals surface area contributed by atoms with Gasteiger partial charge in [0.05, 0.1) is 39.9 Å². The second-order valence-electron chi connectivity index (χ2n) is 9.19. The molecule has 2 atom stereocenters. The number of hydrogen-bond donors (Lipinski definition) is 1. The van der Waals surface area contributed by atoms with Gasteiger partial charge in [0.2, 0.25) is 0 Å². The Hall–Kier alpha value is -3.22. The van der Waals surface area contributed by atoms with Gasteiger partial charge < -0.3 is 10.2 Å². The van der Waals surface area contributed by atoms with E-state index < -0.39 is 54.3 Å². The van der Waals surface area contributed by atoms with Crippen LogP contribution in [0.3, 0.4) is 0 Å². The Labute approximate surface area is 226 Å². The van der Waals surface area contributed by atoms with E-state index in [0.29, 0.717) is 16.1 Å². The molecule has 2 aromatic rings. The van der Waals surface area contributed by atoms with E-state index in [-0.39, 0.29) is 30.2 Å². The van der Waals surface area contributed by atoms with E-state index in [4.69, 9.17) is 0 Å². The van der Waals surface area contributed by atoms with Crippen LogP contribution in [-0.2, 0) is 0 Å². The fraction of sp³-hybridized carbons (Fsp3) is 0.462. The molecule has 1 saturated heterocycles. The van der Waals surface area contributed by atoms with E-state index in [1.54, 1.807) is 27.7 Å². The van der Waals surface area contributed by atoms with Crippen molar-refractivity contribution >= 4 is 23.5 Å². The largest absolute Gasteiger partial charge is 0.417 e. The zero-order chi connectivity index (χ0) is 29.0. The minimum absolute atomic E-state index is 0.0356. The minimum Gasteiger partial charge on any atom is -0.368 e. The van der Waals surface area contributed by atoms with E-state index in [0.717, 1.165) is 28.5 Å². The van der Waals surface area contributed by atoms with Gasteiger partial charge in [-0.25, -0.2) is 23.1 Å². The van der Waals surface area contributed by atoms with Crippen LogP contribution in [0, 0.1) is 18.7 Å². The summed E-state index contributed by atoms with van der Waals surface area (Å²) in [6, 6.07) is 1.81. The first-order valence-electron chi connectivity index (χ1n) is 12.3. The van der Waals surface area contributed by atoms with Crippen molar-refractivity contribution in [3.63, 3.8) is 0 Å². The molecule has 2 unspecified atom stereocenters. The van der Waals surface area contributed by atoms with Gasteiger partial charge in [-0.05, 0) is 44.4 Å². The Kier molecular flexibility index (Phi) is 9.57. The number of alkyl halides is 5. The fourth-order valence-electron chi connectivity index (χ4n) is 4.30. The monoisotopic (exact) mass is 573 g/mol. The normalized spacial score (nSPS) is 20.5. The standard InChI is InChI=1S/C26H29F6N5OS/c1-5-7-17(26(30,31)32)11-34-21(6-2)35-13-20-15(3)10-25(28,29)14-37(20)24(38)22-23(39-16(4)36-22)19-9-8-18(27)12-33-19/h6-9,11-12,15,20,35H,5,10,13-14H2,1-4H3/b17-7+,21-6+,34-11-. The molecule has 1 aliphatic rings. The quantitative estimate of drug-likeness (QED) is 0.287. The number of hydrogen-bond acceptors (Lipinski definition) is 6. The molecule has 0 aliphatic carbocycles. The Morgan fingerprint density at radius 1 is 1.33 bits per heavy atom. The predicted molar refractivity (Wildman–Crippen MR) is 138 cm³/mol. The van der Waals surface area contributed by atoms with Gasteiger partial charge in [0.15, 0.2) is 0 Å². The SMILES string of the molecule is C\C=C(/N=C\C(=C/CC)C(F)(F)F)NCC1C(C)CC(F)(F)CN1C(=O)c1nc(C)sc1-c1ccc(F)cn1. The number of likely N-dealkylation sites (tertiary alicyclic amines) is 1. The van der Waals surface area contributed by atoms with Gasteiger partial charge in [-0.15, -0.1) is 11.3 Å². The number of aromatic nitrogens is 2. The van der Waals surface area contributed by atoms with Gasteiger partial charge in [-0.2, -0.15) is 13.2 Å². The maximum Gasteiger partial charge on any atom is 0.417 e. The molecular weight excluding hydrogens is 544 g/mol. The molecule has 0 aromatic carbocycles. The Bertz CT molecular complexity index is 1250. The molecule has 0 spiro atoms. The van der Waals surface area contributed by atoms with Crippen molar-refractivity contribution in [2.45, 2.75) is 58.7 Å². The molecule has 2 aromatic heterocycles. The summed E-state index contributed by atoms with van der Waals surface area (Å²) in [7, 11) is 0. The second kappa shape index (κ2) is 12.3. The van der Waals surface area contributed by atoms with Crippen LogP contribution in [0.25, 0.3) is 10.6 Å². The zero-order valence-corrected chi connectivity index (χ0v) is 22.6. The van der Waals surface area contributed by atoms with Crippen LogP contribution in [-0.4, -0.2) is 58.2 Å². The number of carbonyl (C=O) groups excluding carboxylic acids is 1. The van der Waals surface area contributed by atoms with Gasteiger partial charge in [0.25, 0.3) is 11.8 Å². The number of amides is 1. The van der Waals surface area contributed by atoms with Crippen molar-refractivity contribution in [3.05, 3.63) is 58.4 Å². The lowest BCUT2D eigenvalue weighted by molar-refractivity contribution is -0.0913. The van der Waals surface area contributed by atoms with E-state index in [1.807, 2.05) is 0 Å². The molecule has 1 N–H and O–H groups in total. The summed E-state index contributed by atoms with van der Waals surface area (Å²) >= 11 is 1.13. The number of nitrogens with zero attached hydrogens (tertiary/aromatic N) is 4. The van der Waals surface area contributed by atoms with E-state index in [9.17, 15) is 31.1 Å². The van der Waals surface area contributed by atoms with Crippen molar-refractivity contribution in [1.29, 1.82) is 0 Å². The summed E-state index contributed by atoms with van der Waals surface area (Å²) in [6.45, 7) is 5.48. The maximum absolute atomic E-state index is 14.7. The van der Waals surface area contributed by atoms with Crippen LogP contribution >= 0.6 is 11.3 Å². The van der Waals surface area contributed by atoms with Gasteiger partial charge in [0, 0.05) is 19.2 Å². The first kappa shape index (κ1) is 30.3. The molecule has 0 radical (unpaired) electrons. The highest BCUT2D eigenvalue weighted by Gasteiger charge is 2.47. The zero-order valence-electron chi connectivity index (χ0n) is 21.8. The van der Waals surface area contributed by atoms with Crippen LogP contribution in [0.15, 0.2) is 46.9 Å². The number of rotatable bonds is 8. The third kappa shape index (κ3) is 7.68. The molecular formula is C26H29F6N5OS. The predicted octanol–water partition coefficient (Wildman–Crippen LogP) is 6.56. The molecule has 1 aliphatic heterocycles. The molecule has 1 fully saturated rings. The van der Waals surface area contributed by atoms with Crippen molar-refractivity contribution < 1.29 is 31.1 Å². The summed E-state index contributed by atoms with van der Waals surface area (Å²) in [6.07, 6.45) is -0.741. The molecule has 39 heavy (non-hydrogen) atoms. The summed E-state index contributed by atoms with van der Waals surface area (Å²) < 4.78 is 82.3. The van der Waals surface area contributed by atoms with Crippen LogP contribution in [0.4, 0.5) is 26.3 Å². The van der Waals surface area contributed by atoms with E-state index >= 15 is 0 Å². The van der Waals surface area contributed by atoms with Crippen LogP contribution < -0.4 is 5.32 Å². The number of nitrogens with one attached hydrogen (secondary N) is 1. The fourth-order valence-corrected chi connectivity index (χ4v) is 5.19. The average Bonchev–Trinajstić information content (AvgIpc) is 3.24. The lowest BCUT2D eigenvalue weighted by Gasteiger charge is -2.43. The van der Waals surface area contributed by atoms with Crippen molar-refractivity contribution in [3.8, 4) is 10.6 Å². The molecule has 0 bridgehead atoms. The van der Waals surface area contributed by atoms with E-state index in [2.05, 4.69) is 20.3 Å². The minimum atomic E-state index is -4.58. The molecule has 6 nitrogen and oxygen atoms in total. The third-order valence-corrected chi connectivity index (χ3v) is 7.09. The first-order valence-corrected chi connectivity index (χ1v) is 13.1. The molecule has 212 valence electrons. The highest BCUT2D eigenvalue weighted by molar-refractivity contribution is 7.15. The summed E-state index contributed by atoms with van der Waals surface area (Å²) in [5, 5.41) is 3.40. The highest BCUT2D eigenvalue weighted by Crippen LogP contribution is 2.37. The summed E-state index contributed by atoms with van der Waals surface area (Å²) in [5.41, 5.74) is -0.701. The molecule has 3 heterocycles. The number of aryl methyl sites for hydroxylation is 1. The topological polar surface area (TPSA) is 70.5 Å². The van der Waals surface area contributed by atoms with E-state index in [1.165, 1.54) is 18.2 Å². The number of halogens is 6. The molecule has 0 saturated carbocycles. The number of piperidine rings is 1. The smallest absolute Gasteiger partial charge is 0.368 e. The summed E-state index contributed by atoms with van der Waals surface area (Å²) in [5.74, 6) is -5.03. The number of allylic oxidation sites excluding steroid dienone is 3. The van der Waals surface area contributed by atoms with Crippen LogP contribution in [0.5, 0.6) is 0 Å². The van der Waals surface area contributed by atoms with Gasteiger partial charge in [-0.1, -0.05) is 19.9 Å². The van der Waals surface area contributed by atoms with Crippen molar-refractivity contribution in [2.24, 2.45) is 10.9 Å². The highest BCUT2D eigenvalue weighted by atomic mass is 32.1. The average molecular weight is 574 g/mol. The van der Waals surface area contributed by atoms with Crippen molar-refractivity contribution in [2.75, 3.05) is 13.1 Å². The van der Waals surface area contributed by atoms with Gasteiger partial charge in [0.1, 0.15) is 17.3 Å². The molecule has 13 heteroatoms. The van der Waals surface area contributed by atoms with Crippen LogP contribution in [0.1, 0.15) is 49.1 Å². The van der Waals surface area contributed by atoms with Gasteiger partial charge >= 0.3 is 6.18 Å². The number of pyridine rings is 1. The number of carbonyl (C=O) groups is 1. The third-order valence-electron chi connectivity index (χ3n) is 6.10. The Morgan fingerprint density at radius 2 is 2.05 bits per heavy atom. The van der Waals surface area contributed by atoms with Gasteiger partial charge in [-0.3, -0.25) is 9.78 Å². The maximum atomic E-state index is 14.7. The molecule has 1 amide bonds. The molecule has 3 rings (SSSR count). The van der Waals surface area contributed by atoms with Crippen molar-refractivity contribution in [1.82, 2.24) is 20.2 Å². The first-order chi connectivity index (χ1) is 18.3.